The number of aryl methyl sites for hydroxylation is 1. The molecule has 1 rings (SSSR count). The van der Waals surface area contributed by atoms with Crippen LogP contribution in [0.5, 0.6) is 0 Å². The molecule has 0 amide bonds. The topological polar surface area (TPSA) is 72.2 Å². The van der Waals surface area contributed by atoms with Crippen LogP contribution < -0.4 is 10.5 Å². The maximum atomic E-state index is 12.2. The average Bonchev–Trinajstić information content (AvgIpc) is 2.32. The van der Waals surface area contributed by atoms with Crippen molar-refractivity contribution in [2.24, 2.45) is 5.92 Å². The molecule has 0 saturated carbocycles. The Bertz CT molecular complexity index is 524. The molecule has 0 aliphatic heterocycles. The van der Waals surface area contributed by atoms with E-state index in [1.807, 2.05) is 20.8 Å². The van der Waals surface area contributed by atoms with Crippen molar-refractivity contribution in [1.82, 2.24) is 4.72 Å². The van der Waals surface area contributed by atoms with Crippen molar-refractivity contribution < 1.29 is 8.42 Å². The van der Waals surface area contributed by atoms with Crippen molar-refractivity contribution in [2.45, 2.75) is 39.0 Å². The van der Waals surface area contributed by atoms with Crippen LogP contribution in [0.3, 0.4) is 0 Å². The number of nitrogens with two attached hydrogens (primary N) is 1. The lowest BCUT2D eigenvalue weighted by Gasteiger charge is -2.14. The van der Waals surface area contributed by atoms with Gasteiger partial charge in [0.1, 0.15) is 0 Å². The molecule has 1 aromatic carbocycles. The van der Waals surface area contributed by atoms with E-state index in [2.05, 4.69) is 4.72 Å². The highest BCUT2D eigenvalue weighted by Gasteiger charge is 2.19. The van der Waals surface area contributed by atoms with Crippen LogP contribution in [0.25, 0.3) is 0 Å². The second kappa shape index (κ2) is 5.71. The molecule has 3 N–H and O–H groups in total. The predicted octanol–water partition coefficient (Wildman–Crippen LogP) is 2.21. The van der Waals surface area contributed by atoms with E-state index in [0.717, 1.165) is 12.0 Å². The summed E-state index contributed by atoms with van der Waals surface area (Å²) in [6.07, 6.45) is 0.942. The van der Waals surface area contributed by atoms with Gasteiger partial charge in [0, 0.05) is 12.2 Å². The van der Waals surface area contributed by atoms with E-state index in [1.165, 1.54) is 0 Å². The lowest BCUT2D eigenvalue weighted by molar-refractivity contribution is 0.528. The molecule has 0 bridgehead atoms. The molecule has 0 heterocycles. The minimum Gasteiger partial charge on any atom is -0.398 e. The van der Waals surface area contributed by atoms with Gasteiger partial charge in [0.25, 0.3) is 0 Å². The predicted molar refractivity (Wildman–Crippen MR) is 75.0 cm³/mol. The molecule has 18 heavy (non-hydrogen) atoms. The van der Waals surface area contributed by atoms with Gasteiger partial charge < -0.3 is 5.73 Å². The summed E-state index contributed by atoms with van der Waals surface area (Å²) in [6, 6.07) is 3.35. The normalized spacial score (nSPS) is 13.6. The summed E-state index contributed by atoms with van der Waals surface area (Å²) in [4.78, 5) is 0.272. The highest BCUT2D eigenvalue weighted by Crippen LogP contribution is 2.23. The zero-order chi connectivity index (χ0) is 13.9. The van der Waals surface area contributed by atoms with Crippen molar-refractivity contribution in [3.05, 3.63) is 23.3 Å². The van der Waals surface area contributed by atoms with Crippen LogP contribution in [0.2, 0.25) is 0 Å². The first-order chi connectivity index (χ1) is 8.29. The molecule has 0 aromatic heterocycles. The van der Waals surface area contributed by atoms with Gasteiger partial charge in [0.15, 0.2) is 0 Å². The minimum atomic E-state index is -3.47. The molecule has 0 spiro atoms. The SMILES string of the molecule is CCC(C)CNS(=O)(=O)c1ccc(C)c(N)c1C. The standard InChI is InChI=1S/C13H22N2O2S/c1-5-9(2)8-15-18(16,17)12-7-6-10(3)13(14)11(12)4/h6-7,9,15H,5,8,14H2,1-4H3. The largest absolute Gasteiger partial charge is 0.398 e. The molecule has 0 saturated heterocycles. The summed E-state index contributed by atoms with van der Waals surface area (Å²) >= 11 is 0. The first-order valence-electron chi connectivity index (χ1n) is 6.15. The number of anilines is 1. The maximum Gasteiger partial charge on any atom is 0.240 e. The Morgan fingerprint density at radius 1 is 1.33 bits per heavy atom. The van der Waals surface area contributed by atoms with Gasteiger partial charge in [-0.3, -0.25) is 0 Å². The van der Waals surface area contributed by atoms with Gasteiger partial charge in [-0.1, -0.05) is 26.3 Å². The van der Waals surface area contributed by atoms with Gasteiger partial charge in [-0.15, -0.1) is 0 Å². The van der Waals surface area contributed by atoms with Gasteiger partial charge in [0.2, 0.25) is 10.0 Å². The molecular formula is C13H22N2O2S. The lowest BCUT2D eigenvalue weighted by Crippen LogP contribution is -2.29. The summed E-state index contributed by atoms with van der Waals surface area (Å²) in [6.45, 7) is 8.10. The Balaban J connectivity index is 3.03. The van der Waals surface area contributed by atoms with Gasteiger partial charge in [-0.25, -0.2) is 13.1 Å². The summed E-state index contributed by atoms with van der Waals surface area (Å²) in [7, 11) is -3.47. The van der Waals surface area contributed by atoms with Gasteiger partial charge in [-0.2, -0.15) is 0 Å². The first-order valence-corrected chi connectivity index (χ1v) is 7.63. The van der Waals surface area contributed by atoms with Crippen LogP contribution in [0.1, 0.15) is 31.4 Å². The van der Waals surface area contributed by atoms with Crippen LogP contribution >= 0.6 is 0 Å². The number of hydrogen-bond acceptors (Lipinski definition) is 3. The fourth-order valence-corrected chi connectivity index (χ4v) is 3.03. The van der Waals surface area contributed by atoms with Crippen LogP contribution in [0.4, 0.5) is 5.69 Å². The van der Waals surface area contributed by atoms with E-state index in [9.17, 15) is 8.42 Å². The van der Waals surface area contributed by atoms with Crippen molar-refractivity contribution in [1.29, 1.82) is 0 Å². The molecule has 5 heteroatoms. The van der Waals surface area contributed by atoms with Crippen LogP contribution in [-0.4, -0.2) is 15.0 Å². The smallest absolute Gasteiger partial charge is 0.240 e. The maximum absolute atomic E-state index is 12.2. The Morgan fingerprint density at radius 3 is 2.50 bits per heavy atom. The second-order valence-corrected chi connectivity index (χ2v) is 6.52. The van der Waals surface area contributed by atoms with Crippen LogP contribution in [-0.2, 0) is 10.0 Å². The minimum absolute atomic E-state index is 0.272. The van der Waals surface area contributed by atoms with E-state index in [0.29, 0.717) is 23.7 Å². The number of hydrogen-bond donors (Lipinski definition) is 2. The van der Waals surface area contributed by atoms with Crippen molar-refractivity contribution in [2.75, 3.05) is 12.3 Å². The van der Waals surface area contributed by atoms with Gasteiger partial charge in [-0.05, 0) is 37.0 Å². The first kappa shape index (κ1) is 15.0. The fourth-order valence-electron chi connectivity index (χ4n) is 1.61. The van der Waals surface area contributed by atoms with Crippen molar-refractivity contribution in [3.8, 4) is 0 Å². The number of rotatable bonds is 5. The average molecular weight is 270 g/mol. The summed E-state index contributed by atoms with van der Waals surface area (Å²) in [5.74, 6) is 0.322. The molecule has 1 atom stereocenters. The summed E-state index contributed by atoms with van der Waals surface area (Å²) in [5, 5.41) is 0. The monoisotopic (exact) mass is 270 g/mol. The Morgan fingerprint density at radius 2 is 1.94 bits per heavy atom. The van der Waals surface area contributed by atoms with Crippen LogP contribution in [0, 0.1) is 19.8 Å². The molecule has 0 fully saturated rings. The van der Waals surface area contributed by atoms with E-state index in [1.54, 1.807) is 19.1 Å². The van der Waals surface area contributed by atoms with E-state index < -0.39 is 10.0 Å². The Hall–Kier alpha value is -1.07. The zero-order valence-corrected chi connectivity index (χ0v) is 12.3. The molecular weight excluding hydrogens is 248 g/mol. The Kier molecular flexibility index (Phi) is 4.76. The highest BCUT2D eigenvalue weighted by molar-refractivity contribution is 7.89. The molecule has 4 nitrogen and oxygen atoms in total. The highest BCUT2D eigenvalue weighted by atomic mass is 32.2. The number of nitrogen functional groups attached to an aromatic ring is 1. The van der Waals surface area contributed by atoms with Crippen LogP contribution in [0.15, 0.2) is 17.0 Å². The van der Waals surface area contributed by atoms with Crippen molar-refractivity contribution in [3.63, 3.8) is 0 Å². The zero-order valence-electron chi connectivity index (χ0n) is 11.4. The summed E-state index contributed by atoms with van der Waals surface area (Å²) in [5.41, 5.74) is 7.93. The molecule has 102 valence electrons. The van der Waals surface area contributed by atoms with E-state index in [4.69, 9.17) is 5.73 Å². The quantitative estimate of drug-likeness (QED) is 0.806. The molecule has 0 aliphatic carbocycles. The molecule has 0 aliphatic rings. The fraction of sp³-hybridized carbons (Fsp3) is 0.538. The van der Waals surface area contributed by atoms with Crippen molar-refractivity contribution >= 4 is 15.7 Å². The molecule has 1 aromatic rings. The van der Waals surface area contributed by atoms with E-state index >= 15 is 0 Å². The third kappa shape index (κ3) is 3.23. The summed E-state index contributed by atoms with van der Waals surface area (Å²) < 4.78 is 27.0. The van der Waals surface area contributed by atoms with Gasteiger partial charge >= 0.3 is 0 Å². The number of nitrogens with one attached hydrogen (secondary N) is 1. The van der Waals surface area contributed by atoms with Gasteiger partial charge in [0.05, 0.1) is 4.90 Å². The molecule has 0 radical (unpaired) electrons. The second-order valence-electron chi connectivity index (χ2n) is 4.78. The third-order valence-electron chi connectivity index (χ3n) is 3.29. The van der Waals surface area contributed by atoms with E-state index in [-0.39, 0.29) is 4.90 Å². The molecule has 1 unspecified atom stereocenters. The number of sulfonamides is 1. The number of benzene rings is 1. The lowest BCUT2D eigenvalue weighted by atomic mass is 10.1. The Labute approximate surface area is 110 Å². The third-order valence-corrected chi connectivity index (χ3v) is 4.86.